The van der Waals surface area contributed by atoms with Gasteiger partial charge in [-0.3, -0.25) is 0 Å². The highest BCUT2D eigenvalue weighted by Crippen LogP contribution is 2.38. The summed E-state index contributed by atoms with van der Waals surface area (Å²) in [5.74, 6) is 0. The molecule has 12 heteroatoms. The van der Waals surface area contributed by atoms with Gasteiger partial charge < -0.3 is 16.5 Å². The van der Waals surface area contributed by atoms with E-state index in [1.165, 1.54) is 24.3 Å². The number of rotatable bonds is 12. The van der Waals surface area contributed by atoms with Gasteiger partial charge in [-0.25, -0.2) is 17.6 Å². The van der Waals surface area contributed by atoms with E-state index in [-0.39, 0.29) is 24.2 Å². The van der Waals surface area contributed by atoms with E-state index in [4.69, 9.17) is 16.5 Å². The van der Waals surface area contributed by atoms with Crippen LogP contribution in [0.3, 0.4) is 0 Å². The SMILES string of the molecule is C=CC[Si]1(CF)O[Si](CF)(CF)O[Si](CF)(CC=C)O[Si](CC=C)(CC=C)O1. The lowest BCUT2D eigenvalue weighted by molar-refractivity contribution is 0.185. The molecule has 0 bridgehead atoms. The van der Waals surface area contributed by atoms with Crippen molar-refractivity contribution in [1.29, 1.82) is 0 Å². The van der Waals surface area contributed by atoms with E-state index in [2.05, 4.69) is 26.3 Å². The largest absolute Gasteiger partial charge is 0.413 e. The fourth-order valence-electron chi connectivity index (χ4n) is 3.10. The molecule has 28 heavy (non-hydrogen) atoms. The summed E-state index contributed by atoms with van der Waals surface area (Å²) in [6.07, 6.45) is 1.05. The van der Waals surface area contributed by atoms with Crippen molar-refractivity contribution < 1.29 is 34.0 Å². The van der Waals surface area contributed by atoms with E-state index < -0.39 is 59.4 Å². The highest BCUT2D eigenvalue weighted by molar-refractivity contribution is 6.95. The summed E-state index contributed by atoms with van der Waals surface area (Å²) in [6.45, 7) is 14.5. The monoisotopic (exact) mass is 472 g/mol. The Morgan fingerprint density at radius 2 is 0.714 bits per heavy atom. The van der Waals surface area contributed by atoms with Crippen molar-refractivity contribution in [2.75, 3.05) is 25.2 Å². The number of halogens is 4. The van der Waals surface area contributed by atoms with Gasteiger partial charge in [0.2, 0.25) is 0 Å². The topological polar surface area (TPSA) is 36.9 Å². The third-order valence-corrected chi connectivity index (χ3v) is 21.3. The van der Waals surface area contributed by atoms with Crippen molar-refractivity contribution >= 4 is 34.2 Å². The predicted molar refractivity (Wildman–Crippen MR) is 111 cm³/mol. The molecule has 2 unspecified atom stereocenters. The second kappa shape index (κ2) is 11.0. The Labute approximate surface area is 168 Å². The molecule has 0 radical (unpaired) electrons. The molecule has 1 aliphatic rings. The third-order valence-electron chi connectivity index (χ3n) is 4.12. The summed E-state index contributed by atoms with van der Waals surface area (Å²) in [6, 6.07) is 0.256. The first-order chi connectivity index (χ1) is 13.3. The average molecular weight is 473 g/mol. The van der Waals surface area contributed by atoms with Crippen LogP contribution in [0.5, 0.6) is 0 Å². The van der Waals surface area contributed by atoms with Crippen molar-refractivity contribution in [3.63, 3.8) is 0 Å². The van der Waals surface area contributed by atoms with Crippen LogP contribution in [0.4, 0.5) is 17.6 Å². The first-order valence-corrected chi connectivity index (χ1v) is 17.7. The highest BCUT2D eigenvalue weighted by atomic mass is 28.5. The number of hydrogen-bond acceptors (Lipinski definition) is 4. The van der Waals surface area contributed by atoms with Crippen LogP contribution in [-0.2, 0) is 16.5 Å². The minimum atomic E-state index is -4.27. The molecule has 1 rings (SSSR count). The van der Waals surface area contributed by atoms with Gasteiger partial charge in [-0.05, 0) is 0 Å². The van der Waals surface area contributed by atoms with Crippen molar-refractivity contribution in [1.82, 2.24) is 0 Å². The maximum Gasteiger partial charge on any atom is 0.385 e. The molecular weight excluding hydrogens is 445 g/mol. The second-order valence-corrected chi connectivity index (χ2v) is 19.8. The van der Waals surface area contributed by atoms with Gasteiger partial charge in [0.15, 0.2) is 0 Å². The first-order valence-electron chi connectivity index (χ1n) is 8.80. The number of alkyl halides is 4. The van der Waals surface area contributed by atoms with Crippen LogP contribution in [0.1, 0.15) is 0 Å². The Hall–Kier alpha value is -0.612. The van der Waals surface area contributed by atoms with Crippen LogP contribution in [0.2, 0.25) is 24.2 Å². The molecule has 1 saturated heterocycles. The van der Waals surface area contributed by atoms with Crippen molar-refractivity contribution in [3.05, 3.63) is 50.6 Å². The lowest BCUT2D eigenvalue weighted by Gasteiger charge is -2.50. The molecular formula is C16H28F4O4Si4. The highest BCUT2D eigenvalue weighted by Gasteiger charge is 2.62. The van der Waals surface area contributed by atoms with E-state index in [9.17, 15) is 17.6 Å². The summed E-state index contributed by atoms with van der Waals surface area (Å²) in [5, 5.41) is 0. The standard InChI is InChI=1S/C16H28F4O4Si4/c1-5-9-25(10-6-2)21-26(13-17,11-7-3)23-28(15-19,16-20)24-27(14-18,22-25)12-8-4/h5-8H,1-4,9-16H2. The summed E-state index contributed by atoms with van der Waals surface area (Å²) < 4.78 is 80.3. The molecule has 1 aliphatic heterocycles. The minimum absolute atomic E-state index is 0.0559. The Kier molecular flexibility index (Phi) is 9.95. The minimum Gasteiger partial charge on any atom is -0.413 e. The van der Waals surface area contributed by atoms with Crippen LogP contribution < -0.4 is 0 Å². The summed E-state index contributed by atoms with van der Waals surface area (Å²) in [5.41, 5.74) is 0. The summed E-state index contributed by atoms with van der Waals surface area (Å²) in [7, 11) is -15.4. The van der Waals surface area contributed by atoms with Crippen LogP contribution in [-0.4, -0.2) is 59.4 Å². The van der Waals surface area contributed by atoms with E-state index in [1.54, 1.807) is 0 Å². The van der Waals surface area contributed by atoms with E-state index in [1.807, 2.05) is 0 Å². The van der Waals surface area contributed by atoms with Gasteiger partial charge in [0.1, 0.15) is 25.2 Å². The first kappa shape index (κ1) is 25.4. The van der Waals surface area contributed by atoms with Crippen molar-refractivity contribution in [2.45, 2.75) is 24.2 Å². The molecule has 2 atom stereocenters. The molecule has 0 aromatic carbocycles. The zero-order valence-corrected chi connectivity index (χ0v) is 19.9. The molecule has 1 fully saturated rings. The smallest absolute Gasteiger partial charge is 0.385 e. The van der Waals surface area contributed by atoms with Crippen LogP contribution >= 0.6 is 0 Å². The Balaban J connectivity index is 3.65. The van der Waals surface area contributed by atoms with Gasteiger partial charge in [0.05, 0.1) is 0 Å². The van der Waals surface area contributed by atoms with E-state index in [0.29, 0.717) is 0 Å². The van der Waals surface area contributed by atoms with Gasteiger partial charge in [0, 0.05) is 24.2 Å². The maximum absolute atomic E-state index is 14.2. The molecule has 160 valence electrons. The molecule has 0 aromatic heterocycles. The summed E-state index contributed by atoms with van der Waals surface area (Å²) >= 11 is 0. The van der Waals surface area contributed by atoms with Crippen LogP contribution in [0.15, 0.2) is 50.6 Å². The average Bonchev–Trinajstić information content (AvgIpc) is 2.67. The third kappa shape index (κ3) is 5.72. The lowest BCUT2D eigenvalue weighted by Crippen LogP contribution is -2.73. The molecule has 0 aromatic rings. The zero-order chi connectivity index (χ0) is 21.3. The van der Waals surface area contributed by atoms with Gasteiger partial charge >= 0.3 is 34.2 Å². The number of hydrogen-bond donors (Lipinski definition) is 0. The Morgan fingerprint density at radius 3 is 0.964 bits per heavy atom. The molecule has 0 amide bonds. The molecule has 0 N–H and O–H groups in total. The number of allylic oxidation sites excluding steroid dienone is 4. The van der Waals surface area contributed by atoms with Crippen LogP contribution in [0, 0.1) is 0 Å². The summed E-state index contributed by atoms with van der Waals surface area (Å²) in [4.78, 5) is 0. The van der Waals surface area contributed by atoms with Gasteiger partial charge in [-0.2, -0.15) is 0 Å². The molecule has 0 aliphatic carbocycles. The predicted octanol–water partition coefficient (Wildman–Crippen LogP) is 4.61. The Bertz CT molecular complexity index is 523. The fraction of sp³-hybridized carbons (Fsp3) is 0.500. The molecule has 0 spiro atoms. The van der Waals surface area contributed by atoms with E-state index in [0.717, 1.165) is 0 Å². The molecule has 4 nitrogen and oxygen atoms in total. The zero-order valence-electron chi connectivity index (χ0n) is 15.9. The lowest BCUT2D eigenvalue weighted by atomic mass is 10.7. The van der Waals surface area contributed by atoms with E-state index >= 15 is 0 Å². The Morgan fingerprint density at radius 1 is 0.464 bits per heavy atom. The molecule has 1 heterocycles. The van der Waals surface area contributed by atoms with Gasteiger partial charge in [-0.1, -0.05) is 24.3 Å². The fourth-order valence-corrected chi connectivity index (χ4v) is 22.7. The van der Waals surface area contributed by atoms with Gasteiger partial charge in [0.25, 0.3) is 0 Å². The van der Waals surface area contributed by atoms with Crippen molar-refractivity contribution in [3.8, 4) is 0 Å². The van der Waals surface area contributed by atoms with Crippen molar-refractivity contribution in [2.24, 2.45) is 0 Å². The molecule has 0 saturated carbocycles. The van der Waals surface area contributed by atoms with Crippen LogP contribution in [0.25, 0.3) is 0 Å². The second-order valence-electron chi connectivity index (χ2n) is 6.56. The maximum atomic E-state index is 14.2. The van der Waals surface area contributed by atoms with Gasteiger partial charge in [-0.15, -0.1) is 26.3 Å². The quantitative estimate of drug-likeness (QED) is 0.236. The normalized spacial score (nSPS) is 29.3.